The fraction of sp³-hybridized carbons (Fsp3) is 0.435. The Morgan fingerprint density at radius 2 is 1.91 bits per heavy atom. The number of aldehydes is 3. The van der Waals surface area contributed by atoms with Crippen molar-refractivity contribution in [2.24, 2.45) is 0 Å². The number of anilines is 1. The van der Waals surface area contributed by atoms with E-state index in [9.17, 15) is 28.0 Å². The smallest absolute Gasteiger partial charge is 0.261 e. The number of para-hydroxylation sites is 1. The number of nitrogens with zero attached hydrogens (tertiary/aromatic N) is 2. The number of amides is 1. The lowest BCUT2D eigenvalue weighted by Crippen LogP contribution is -2.21. The molecule has 1 aliphatic rings. The van der Waals surface area contributed by atoms with E-state index in [0.717, 1.165) is 19.7 Å². The summed E-state index contributed by atoms with van der Waals surface area (Å²) in [7, 11) is 4.44. The van der Waals surface area contributed by atoms with Crippen molar-refractivity contribution >= 4 is 41.4 Å². The van der Waals surface area contributed by atoms with E-state index in [-0.39, 0.29) is 31.7 Å². The number of hydrogen-bond donors (Lipinski definition) is 3. The molecule has 9 nitrogen and oxygen atoms in total. The van der Waals surface area contributed by atoms with E-state index in [1.54, 1.807) is 43.3 Å². The van der Waals surface area contributed by atoms with E-state index >= 15 is 0 Å². The molecule has 2 heterocycles. The molecule has 1 saturated heterocycles. The molecule has 0 spiro atoms. The number of nitrogens with one attached hydrogen (secondary N) is 2. The number of fused-ring (bicyclic) bond motifs is 1. The van der Waals surface area contributed by atoms with Gasteiger partial charge >= 0.3 is 0 Å². The topological polar surface area (TPSA) is 129 Å². The molecular formula is C23H32F2N4O5. The van der Waals surface area contributed by atoms with Crippen molar-refractivity contribution in [2.45, 2.75) is 25.2 Å². The molecule has 0 saturated carbocycles. The van der Waals surface area contributed by atoms with Crippen molar-refractivity contribution in [1.82, 2.24) is 15.2 Å². The van der Waals surface area contributed by atoms with Gasteiger partial charge in [-0.1, -0.05) is 12.1 Å². The van der Waals surface area contributed by atoms with Crippen LogP contribution in [0.4, 0.5) is 14.5 Å². The van der Waals surface area contributed by atoms with Gasteiger partial charge in [-0.05, 0) is 26.2 Å². The molecule has 0 unspecified atom stereocenters. The van der Waals surface area contributed by atoms with Crippen LogP contribution in [0.2, 0.25) is 0 Å². The molecule has 1 aliphatic heterocycles. The Balaban J connectivity index is 0.000000597. The van der Waals surface area contributed by atoms with E-state index in [1.807, 2.05) is 0 Å². The Labute approximate surface area is 197 Å². The third-order valence-corrected chi connectivity index (χ3v) is 4.34. The van der Waals surface area contributed by atoms with Crippen LogP contribution in [0.3, 0.4) is 0 Å². The average molecular weight is 483 g/mol. The second-order valence-corrected chi connectivity index (χ2v) is 7.04. The molecule has 3 N–H and O–H groups in total. The number of halogens is 2. The zero-order chi connectivity index (χ0) is 26.0. The minimum absolute atomic E-state index is 0.0312. The predicted octanol–water partition coefficient (Wildman–Crippen LogP) is 1.94. The third-order valence-electron chi connectivity index (χ3n) is 4.34. The summed E-state index contributed by atoms with van der Waals surface area (Å²) >= 11 is 0. The number of carbonyl (C=O) groups is 4. The fourth-order valence-electron chi connectivity index (χ4n) is 2.79. The second kappa shape index (κ2) is 17.3. The summed E-state index contributed by atoms with van der Waals surface area (Å²) in [5, 5.41) is 13.0. The van der Waals surface area contributed by atoms with Crippen molar-refractivity contribution in [1.29, 1.82) is 0 Å². The molecule has 0 bridgehead atoms. The molecule has 0 atom stereocenters. The first kappa shape index (κ1) is 30.9. The minimum Gasteiger partial charge on any atom is -0.400 e. The van der Waals surface area contributed by atoms with Crippen LogP contribution in [0.1, 0.15) is 29.6 Å². The molecule has 1 fully saturated rings. The predicted molar refractivity (Wildman–Crippen MR) is 126 cm³/mol. The zero-order valence-electron chi connectivity index (χ0n) is 19.6. The lowest BCUT2D eigenvalue weighted by atomic mass is 10.1. The Morgan fingerprint density at radius 3 is 2.35 bits per heavy atom. The van der Waals surface area contributed by atoms with Crippen molar-refractivity contribution in [3.8, 4) is 0 Å². The van der Waals surface area contributed by atoms with Gasteiger partial charge in [-0.25, -0.2) is 8.78 Å². The largest absolute Gasteiger partial charge is 0.400 e. The van der Waals surface area contributed by atoms with Gasteiger partial charge in [0.05, 0.1) is 24.3 Å². The number of pyridine rings is 1. The second-order valence-electron chi connectivity index (χ2n) is 7.04. The van der Waals surface area contributed by atoms with Gasteiger partial charge in [-0.3, -0.25) is 14.6 Å². The van der Waals surface area contributed by atoms with Crippen LogP contribution in [-0.2, 0) is 14.4 Å². The fourth-order valence-corrected chi connectivity index (χ4v) is 2.79. The van der Waals surface area contributed by atoms with Crippen LogP contribution in [0, 0.1) is 0 Å². The molecule has 188 valence electrons. The first-order valence-corrected chi connectivity index (χ1v) is 10.4. The molecule has 0 radical (unpaired) electrons. The number of aliphatic hydroxyl groups is 1. The first-order chi connectivity index (χ1) is 16.3. The molecule has 11 heteroatoms. The molecular weight excluding hydrogens is 450 g/mol. The first-order valence-electron chi connectivity index (χ1n) is 10.4. The van der Waals surface area contributed by atoms with Crippen molar-refractivity contribution < 1.29 is 33.1 Å². The number of aliphatic hydroxyl groups excluding tert-OH is 1. The highest BCUT2D eigenvalue weighted by molar-refractivity contribution is 6.05. The monoisotopic (exact) mass is 482 g/mol. The summed E-state index contributed by atoms with van der Waals surface area (Å²) in [6.07, 6.45) is 4.14. The number of carbonyl (C=O) groups excluding carboxylic acids is 4. The highest BCUT2D eigenvalue weighted by atomic mass is 19.3. The molecule has 34 heavy (non-hydrogen) atoms. The van der Waals surface area contributed by atoms with Gasteiger partial charge in [0.1, 0.15) is 12.6 Å². The number of likely N-dealkylation sites (tertiary alicyclic amines) is 1. The van der Waals surface area contributed by atoms with Crippen LogP contribution in [0.25, 0.3) is 10.9 Å². The average Bonchev–Trinajstić information content (AvgIpc) is 3.16. The SMILES string of the molecule is CN1CCC(F)(F)C1.CNCC=O.CO.O=CCCC(=O)Nc1cccc2c(C=O)ccnc12. The van der Waals surface area contributed by atoms with E-state index in [0.29, 0.717) is 41.5 Å². The zero-order valence-corrected chi connectivity index (χ0v) is 19.6. The number of aromatic nitrogens is 1. The molecule has 1 aromatic carbocycles. The summed E-state index contributed by atoms with van der Waals surface area (Å²) < 4.78 is 24.3. The van der Waals surface area contributed by atoms with E-state index < -0.39 is 5.92 Å². The van der Waals surface area contributed by atoms with Crippen LogP contribution in [-0.4, -0.2) is 86.5 Å². The highest BCUT2D eigenvalue weighted by Gasteiger charge is 2.36. The van der Waals surface area contributed by atoms with Crippen LogP contribution >= 0.6 is 0 Å². The quantitative estimate of drug-likeness (QED) is 0.511. The van der Waals surface area contributed by atoms with Gasteiger partial charge < -0.3 is 30.2 Å². The normalized spacial score (nSPS) is 13.7. The molecule has 2 aromatic rings. The van der Waals surface area contributed by atoms with Gasteiger partial charge in [-0.15, -0.1) is 0 Å². The van der Waals surface area contributed by atoms with Gasteiger partial charge in [0, 0.05) is 50.1 Å². The number of benzene rings is 1. The Hall–Kier alpha value is -3.15. The lowest BCUT2D eigenvalue weighted by Gasteiger charge is -2.08. The van der Waals surface area contributed by atoms with Gasteiger partial charge in [0.15, 0.2) is 6.29 Å². The van der Waals surface area contributed by atoms with E-state index in [4.69, 9.17) is 5.11 Å². The summed E-state index contributed by atoms with van der Waals surface area (Å²) in [6.45, 7) is 0.931. The maximum absolute atomic E-state index is 12.2. The highest BCUT2D eigenvalue weighted by Crippen LogP contribution is 2.25. The maximum atomic E-state index is 12.2. The summed E-state index contributed by atoms with van der Waals surface area (Å²) in [4.78, 5) is 47.9. The van der Waals surface area contributed by atoms with Crippen molar-refractivity contribution in [2.75, 3.05) is 46.2 Å². The van der Waals surface area contributed by atoms with Crippen molar-refractivity contribution in [3.63, 3.8) is 0 Å². The standard InChI is InChI=1S/C14H12N2O3.C5H9F2N.C3H7NO.CH4O/c17-8-2-5-13(19)16-12-4-1-3-11-10(9-18)6-7-15-14(11)12;1-8-3-2-5(6,7)4-8;1-4-2-3-5;1-2/h1,3-4,6-9H,2,5H2,(H,16,19);2-4H2,1H3;3-4H,2H2,1H3;2H,1H3. The lowest BCUT2D eigenvalue weighted by molar-refractivity contribution is -0.118. The molecule has 1 amide bonds. The van der Waals surface area contributed by atoms with Gasteiger partial charge in [0.25, 0.3) is 5.92 Å². The Bertz CT molecular complexity index is 912. The summed E-state index contributed by atoms with van der Waals surface area (Å²) in [5.74, 6) is -2.66. The molecule has 3 rings (SSSR count). The van der Waals surface area contributed by atoms with Crippen molar-refractivity contribution in [3.05, 3.63) is 36.0 Å². The summed E-state index contributed by atoms with van der Waals surface area (Å²) in [5.41, 5.74) is 1.62. The van der Waals surface area contributed by atoms with Crippen LogP contribution in [0.15, 0.2) is 30.5 Å². The number of likely N-dealkylation sites (N-methyl/N-ethyl adjacent to an activating group) is 1. The number of rotatable bonds is 7. The minimum atomic E-state index is -2.41. The van der Waals surface area contributed by atoms with E-state index in [1.165, 1.54) is 6.20 Å². The Morgan fingerprint density at radius 1 is 1.21 bits per heavy atom. The summed E-state index contributed by atoms with van der Waals surface area (Å²) in [6, 6.07) is 6.84. The number of alkyl halides is 2. The molecule has 1 aromatic heterocycles. The third kappa shape index (κ3) is 11.6. The number of hydrogen-bond acceptors (Lipinski definition) is 8. The van der Waals surface area contributed by atoms with E-state index in [2.05, 4.69) is 15.6 Å². The Kier molecular flexibility index (Phi) is 15.7. The van der Waals surface area contributed by atoms with Gasteiger partial charge in [0.2, 0.25) is 5.91 Å². The van der Waals surface area contributed by atoms with Crippen LogP contribution < -0.4 is 10.6 Å². The molecule has 0 aliphatic carbocycles. The maximum Gasteiger partial charge on any atom is 0.261 e. The van der Waals surface area contributed by atoms with Crippen LogP contribution in [0.5, 0.6) is 0 Å². The van der Waals surface area contributed by atoms with Gasteiger partial charge in [-0.2, -0.15) is 0 Å².